The Bertz CT molecular complexity index is 537. The predicted molar refractivity (Wildman–Crippen MR) is 86.0 cm³/mol. The van der Waals surface area contributed by atoms with Crippen molar-refractivity contribution in [3.8, 4) is 11.5 Å². The molecule has 0 unspecified atom stereocenters. The van der Waals surface area contributed by atoms with Crippen LogP contribution in [0.4, 0.5) is 0 Å². The van der Waals surface area contributed by atoms with Crippen LogP contribution in [-0.4, -0.2) is 20.3 Å². The van der Waals surface area contributed by atoms with Crippen LogP contribution in [0.2, 0.25) is 0 Å². The summed E-state index contributed by atoms with van der Waals surface area (Å²) in [6, 6.07) is 16.4. The number of hydrogen-bond donors (Lipinski definition) is 1. The van der Waals surface area contributed by atoms with Gasteiger partial charge in [0.05, 0.1) is 13.7 Å². The summed E-state index contributed by atoms with van der Waals surface area (Å²) in [5.74, 6) is 1.88. The Labute approximate surface area is 126 Å². The van der Waals surface area contributed by atoms with Crippen molar-refractivity contribution in [2.45, 2.75) is 19.9 Å². The first-order valence-electron chi connectivity index (χ1n) is 7.38. The molecule has 2 rings (SSSR count). The molecule has 0 heterocycles. The van der Waals surface area contributed by atoms with Crippen molar-refractivity contribution in [3.05, 3.63) is 59.7 Å². The summed E-state index contributed by atoms with van der Waals surface area (Å²) in [4.78, 5) is 0. The summed E-state index contributed by atoms with van der Waals surface area (Å²) < 4.78 is 10.8. The van der Waals surface area contributed by atoms with E-state index in [2.05, 4.69) is 23.5 Å². The molecule has 0 bridgehead atoms. The summed E-state index contributed by atoms with van der Waals surface area (Å²) in [5, 5.41) is 3.46. The fourth-order valence-electron chi connectivity index (χ4n) is 2.24. The largest absolute Gasteiger partial charge is 0.496 e. The maximum Gasteiger partial charge on any atom is 0.122 e. The fraction of sp³-hybridized carbons (Fsp3) is 0.333. The maximum absolute atomic E-state index is 5.44. The van der Waals surface area contributed by atoms with Gasteiger partial charge < -0.3 is 14.8 Å². The van der Waals surface area contributed by atoms with Gasteiger partial charge in [0.2, 0.25) is 0 Å². The first-order chi connectivity index (χ1) is 10.3. The van der Waals surface area contributed by atoms with Gasteiger partial charge in [-0.05, 0) is 49.2 Å². The Morgan fingerprint density at radius 1 is 1.00 bits per heavy atom. The smallest absolute Gasteiger partial charge is 0.122 e. The molecular formula is C18H23NO2. The van der Waals surface area contributed by atoms with Gasteiger partial charge in [-0.2, -0.15) is 0 Å². The van der Waals surface area contributed by atoms with Gasteiger partial charge in [-0.1, -0.05) is 30.3 Å². The van der Waals surface area contributed by atoms with Gasteiger partial charge in [-0.3, -0.25) is 0 Å². The number of benzene rings is 2. The monoisotopic (exact) mass is 285 g/mol. The molecule has 2 aromatic rings. The second kappa shape index (κ2) is 8.32. The number of methoxy groups -OCH3 is 1. The molecule has 112 valence electrons. The van der Waals surface area contributed by atoms with Gasteiger partial charge in [0.25, 0.3) is 0 Å². The minimum Gasteiger partial charge on any atom is -0.496 e. The van der Waals surface area contributed by atoms with E-state index in [4.69, 9.17) is 9.47 Å². The first-order valence-corrected chi connectivity index (χ1v) is 7.38. The quantitative estimate of drug-likeness (QED) is 0.754. The molecule has 0 aliphatic heterocycles. The first kappa shape index (κ1) is 15.4. The molecule has 0 amide bonds. The lowest BCUT2D eigenvalue weighted by molar-refractivity contribution is 0.340. The molecule has 3 heteroatoms. The lowest BCUT2D eigenvalue weighted by atomic mass is 10.1. The van der Waals surface area contributed by atoms with Gasteiger partial charge in [-0.25, -0.2) is 0 Å². The molecule has 0 aromatic heterocycles. The summed E-state index contributed by atoms with van der Waals surface area (Å²) in [5.41, 5.74) is 2.50. The minimum absolute atomic E-state index is 0.705. The summed E-state index contributed by atoms with van der Waals surface area (Å²) in [6.07, 6.45) is 0.959. The third-order valence-corrected chi connectivity index (χ3v) is 3.33. The second-order valence-electron chi connectivity index (χ2n) is 4.82. The molecule has 0 aliphatic rings. The maximum atomic E-state index is 5.44. The van der Waals surface area contributed by atoms with E-state index in [1.54, 1.807) is 7.11 Å². The van der Waals surface area contributed by atoms with E-state index >= 15 is 0 Å². The summed E-state index contributed by atoms with van der Waals surface area (Å²) >= 11 is 0. The zero-order valence-electron chi connectivity index (χ0n) is 12.8. The highest BCUT2D eigenvalue weighted by Gasteiger charge is 2.01. The summed E-state index contributed by atoms with van der Waals surface area (Å²) in [6.45, 7) is 4.49. The van der Waals surface area contributed by atoms with Crippen LogP contribution in [0.5, 0.6) is 11.5 Å². The molecule has 0 aliphatic carbocycles. The van der Waals surface area contributed by atoms with Crippen LogP contribution in [0.3, 0.4) is 0 Å². The number of ether oxygens (including phenoxy) is 2. The number of para-hydroxylation sites is 1. The van der Waals surface area contributed by atoms with Crippen molar-refractivity contribution >= 4 is 0 Å². The number of hydrogen-bond acceptors (Lipinski definition) is 3. The van der Waals surface area contributed by atoms with Gasteiger partial charge in [0, 0.05) is 6.54 Å². The van der Waals surface area contributed by atoms with Crippen LogP contribution in [0.1, 0.15) is 18.1 Å². The Morgan fingerprint density at radius 2 is 1.76 bits per heavy atom. The van der Waals surface area contributed by atoms with Crippen molar-refractivity contribution in [1.82, 2.24) is 5.32 Å². The van der Waals surface area contributed by atoms with E-state index in [0.29, 0.717) is 6.61 Å². The normalized spacial score (nSPS) is 10.4. The van der Waals surface area contributed by atoms with Gasteiger partial charge >= 0.3 is 0 Å². The Balaban J connectivity index is 1.76. The molecule has 21 heavy (non-hydrogen) atoms. The summed E-state index contributed by atoms with van der Waals surface area (Å²) in [7, 11) is 1.71. The van der Waals surface area contributed by atoms with Crippen LogP contribution < -0.4 is 14.8 Å². The van der Waals surface area contributed by atoms with Crippen molar-refractivity contribution in [1.29, 1.82) is 0 Å². The van der Waals surface area contributed by atoms with Gasteiger partial charge in [0.1, 0.15) is 11.5 Å². The lowest BCUT2D eigenvalue weighted by Crippen LogP contribution is -2.16. The molecule has 0 radical (unpaired) electrons. The van der Waals surface area contributed by atoms with Gasteiger partial charge in [-0.15, -0.1) is 0 Å². The Morgan fingerprint density at radius 3 is 2.48 bits per heavy atom. The average Bonchev–Trinajstić information content (AvgIpc) is 2.54. The predicted octanol–water partition coefficient (Wildman–Crippen LogP) is 3.43. The third-order valence-electron chi connectivity index (χ3n) is 3.33. The van der Waals surface area contributed by atoms with E-state index in [-0.39, 0.29) is 0 Å². The van der Waals surface area contributed by atoms with Crippen molar-refractivity contribution in [3.63, 3.8) is 0 Å². The highest BCUT2D eigenvalue weighted by molar-refractivity contribution is 5.33. The molecule has 0 atom stereocenters. The zero-order valence-corrected chi connectivity index (χ0v) is 12.8. The molecule has 0 spiro atoms. The van der Waals surface area contributed by atoms with Gasteiger partial charge in [0.15, 0.2) is 0 Å². The van der Waals surface area contributed by atoms with Crippen LogP contribution in [0.15, 0.2) is 48.5 Å². The molecular weight excluding hydrogens is 262 g/mol. The standard InChI is InChI=1S/C18H23NO2/c1-3-21-17-10-8-15(9-11-17)14-19-13-12-16-6-4-5-7-18(16)20-2/h4-11,19H,3,12-14H2,1-2H3. The van der Waals surface area contributed by atoms with Crippen LogP contribution >= 0.6 is 0 Å². The molecule has 0 fully saturated rings. The third kappa shape index (κ3) is 4.80. The van der Waals surface area contributed by atoms with Crippen molar-refractivity contribution in [2.24, 2.45) is 0 Å². The molecule has 0 saturated carbocycles. The van der Waals surface area contributed by atoms with E-state index in [9.17, 15) is 0 Å². The molecule has 0 saturated heterocycles. The highest BCUT2D eigenvalue weighted by atomic mass is 16.5. The van der Waals surface area contributed by atoms with E-state index < -0.39 is 0 Å². The fourth-order valence-corrected chi connectivity index (χ4v) is 2.24. The van der Waals surface area contributed by atoms with E-state index in [0.717, 1.165) is 31.0 Å². The SMILES string of the molecule is CCOc1ccc(CNCCc2ccccc2OC)cc1. The second-order valence-corrected chi connectivity index (χ2v) is 4.82. The van der Waals surface area contributed by atoms with Crippen LogP contribution in [0, 0.1) is 0 Å². The number of rotatable bonds is 8. The molecule has 3 nitrogen and oxygen atoms in total. The van der Waals surface area contributed by atoms with Crippen molar-refractivity contribution in [2.75, 3.05) is 20.3 Å². The minimum atomic E-state index is 0.705. The Hall–Kier alpha value is -2.00. The molecule has 1 N–H and O–H groups in total. The zero-order chi connectivity index (χ0) is 14.9. The van der Waals surface area contributed by atoms with Crippen LogP contribution in [-0.2, 0) is 13.0 Å². The van der Waals surface area contributed by atoms with E-state index in [1.807, 2.05) is 37.3 Å². The molecule has 2 aromatic carbocycles. The topological polar surface area (TPSA) is 30.5 Å². The Kier molecular flexibility index (Phi) is 6.10. The van der Waals surface area contributed by atoms with E-state index in [1.165, 1.54) is 11.1 Å². The van der Waals surface area contributed by atoms with Crippen LogP contribution in [0.25, 0.3) is 0 Å². The van der Waals surface area contributed by atoms with Crippen molar-refractivity contribution < 1.29 is 9.47 Å². The highest BCUT2D eigenvalue weighted by Crippen LogP contribution is 2.17. The lowest BCUT2D eigenvalue weighted by Gasteiger charge is -2.09. The number of nitrogens with one attached hydrogen (secondary N) is 1. The average molecular weight is 285 g/mol.